The highest BCUT2D eigenvalue weighted by molar-refractivity contribution is 5.95. The molecule has 3 atom stereocenters. The average Bonchev–Trinajstić information content (AvgIpc) is 3.40. The van der Waals surface area contributed by atoms with Crippen molar-refractivity contribution in [3.05, 3.63) is 77.6 Å². The van der Waals surface area contributed by atoms with Gasteiger partial charge in [0.1, 0.15) is 29.7 Å². The SMILES string of the molecule is O=C(NC(CCCCNC1CC1c1cc(F)cc(F)c1)C(=O)NCc1ccncn1)c1ccn[nH]1. The van der Waals surface area contributed by atoms with Crippen LogP contribution in [0.1, 0.15) is 53.3 Å². The maximum Gasteiger partial charge on any atom is 0.269 e. The second-order valence-electron chi connectivity index (χ2n) is 8.52. The Morgan fingerprint density at radius 2 is 1.94 bits per heavy atom. The Bertz CT molecular complexity index is 1110. The third-order valence-electron chi connectivity index (χ3n) is 5.88. The number of hydrogen-bond acceptors (Lipinski definition) is 6. The molecule has 3 aromatic rings. The van der Waals surface area contributed by atoms with Gasteiger partial charge in [-0.15, -0.1) is 0 Å². The number of aromatic amines is 1. The largest absolute Gasteiger partial charge is 0.349 e. The molecule has 184 valence electrons. The average molecular weight is 484 g/mol. The minimum Gasteiger partial charge on any atom is -0.349 e. The first-order chi connectivity index (χ1) is 17.0. The van der Waals surface area contributed by atoms with Crippen LogP contribution in [0.5, 0.6) is 0 Å². The molecule has 11 heteroatoms. The van der Waals surface area contributed by atoms with Gasteiger partial charge in [0.25, 0.3) is 5.91 Å². The van der Waals surface area contributed by atoms with Crippen LogP contribution < -0.4 is 16.0 Å². The number of hydrogen-bond donors (Lipinski definition) is 4. The standard InChI is InChI=1S/C24H27F2N7O2/c25-16-9-15(10-17(26)11-16)19-12-22(19)28-6-2-1-3-20(32-24(35)21-5-8-31-33-21)23(34)29-13-18-4-7-27-14-30-18/h4-5,7-11,14,19-20,22,28H,1-3,6,12-13H2,(H,29,34)(H,31,33)(H,32,35). The summed E-state index contributed by atoms with van der Waals surface area (Å²) in [7, 11) is 0. The van der Waals surface area contributed by atoms with Crippen molar-refractivity contribution in [3.8, 4) is 0 Å². The molecule has 0 saturated heterocycles. The quantitative estimate of drug-likeness (QED) is 0.293. The molecule has 1 aliphatic rings. The molecule has 0 bridgehead atoms. The molecule has 1 saturated carbocycles. The summed E-state index contributed by atoms with van der Waals surface area (Å²) in [5.74, 6) is -1.74. The van der Waals surface area contributed by atoms with Gasteiger partial charge in [0.05, 0.1) is 12.2 Å². The fourth-order valence-corrected chi connectivity index (χ4v) is 3.95. The lowest BCUT2D eigenvalue weighted by atomic mass is 10.1. The number of benzene rings is 1. The maximum atomic E-state index is 13.4. The number of nitrogens with zero attached hydrogens (tertiary/aromatic N) is 3. The Morgan fingerprint density at radius 1 is 1.11 bits per heavy atom. The van der Waals surface area contributed by atoms with Gasteiger partial charge in [0, 0.05) is 30.4 Å². The molecular weight excluding hydrogens is 456 g/mol. The van der Waals surface area contributed by atoms with Crippen molar-refractivity contribution in [2.45, 2.75) is 50.2 Å². The van der Waals surface area contributed by atoms with E-state index in [2.05, 4.69) is 36.1 Å². The zero-order valence-corrected chi connectivity index (χ0v) is 19.0. The van der Waals surface area contributed by atoms with Crippen molar-refractivity contribution in [3.63, 3.8) is 0 Å². The van der Waals surface area contributed by atoms with E-state index in [1.807, 2.05) is 0 Å². The van der Waals surface area contributed by atoms with E-state index in [9.17, 15) is 18.4 Å². The topological polar surface area (TPSA) is 125 Å². The van der Waals surface area contributed by atoms with E-state index in [4.69, 9.17) is 0 Å². The van der Waals surface area contributed by atoms with Crippen LogP contribution in [-0.2, 0) is 11.3 Å². The highest BCUT2D eigenvalue weighted by atomic mass is 19.1. The summed E-state index contributed by atoms with van der Waals surface area (Å²) < 4.78 is 26.9. The number of aromatic nitrogens is 4. The van der Waals surface area contributed by atoms with E-state index < -0.39 is 23.6 Å². The van der Waals surface area contributed by atoms with E-state index in [1.54, 1.807) is 12.3 Å². The molecule has 35 heavy (non-hydrogen) atoms. The number of unbranched alkanes of at least 4 members (excludes halogenated alkanes) is 1. The van der Waals surface area contributed by atoms with Crippen molar-refractivity contribution in [1.82, 2.24) is 36.1 Å². The predicted molar refractivity (Wildman–Crippen MR) is 123 cm³/mol. The molecule has 0 radical (unpaired) electrons. The molecular formula is C24H27F2N7O2. The second-order valence-corrected chi connectivity index (χ2v) is 8.52. The summed E-state index contributed by atoms with van der Waals surface area (Å²) in [6, 6.07) is 6.32. The number of rotatable bonds is 12. The van der Waals surface area contributed by atoms with Crippen molar-refractivity contribution in [2.24, 2.45) is 0 Å². The molecule has 0 aliphatic heterocycles. The highest BCUT2D eigenvalue weighted by Crippen LogP contribution is 2.41. The molecule has 2 heterocycles. The van der Waals surface area contributed by atoms with Crippen molar-refractivity contribution >= 4 is 11.8 Å². The van der Waals surface area contributed by atoms with E-state index >= 15 is 0 Å². The first-order valence-electron chi connectivity index (χ1n) is 11.5. The lowest BCUT2D eigenvalue weighted by molar-refractivity contribution is -0.123. The number of halogens is 2. The van der Waals surface area contributed by atoms with Crippen molar-refractivity contribution < 1.29 is 18.4 Å². The molecule has 2 aromatic heterocycles. The van der Waals surface area contributed by atoms with E-state index in [0.29, 0.717) is 30.6 Å². The molecule has 0 spiro atoms. The fraction of sp³-hybridized carbons (Fsp3) is 0.375. The predicted octanol–water partition coefficient (Wildman–Crippen LogP) is 2.21. The third-order valence-corrected chi connectivity index (χ3v) is 5.88. The van der Waals surface area contributed by atoms with E-state index in [-0.39, 0.29) is 30.1 Å². The molecule has 2 amide bonds. The molecule has 1 aliphatic carbocycles. The summed E-state index contributed by atoms with van der Waals surface area (Å²) in [6.45, 7) is 0.922. The van der Waals surface area contributed by atoms with Crippen LogP contribution >= 0.6 is 0 Å². The fourth-order valence-electron chi connectivity index (χ4n) is 3.95. The van der Waals surface area contributed by atoms with Gasteiger partial charge in [-0.05, 0) is 62.1 Å². The Morgan fingerprint density at radius 3 is 2.66 bits per heavy atom. The van der Waals surface area contributed by atoms with Crippen LogP contribution in [0.25, 0.3) is 0 Å². The molecule has 9 nitrogen and oxygen atoms in total. The Kier molecular flexibility index (Phi) is 8.09. The lowest BCUT2D eigenvalue weighted by Gasteiger charge is -2.18. The van der Waals surface area contributed by atoms with Gasteiger partial charge in [-0.2, -0.15) is 5.10 Å². The number of carbonyl (C=O) groups excluding carboxylic acids is 2. The van der Waals surface area contributed by atoms with Gasteiger partial charge in [0.2, 0.25) is 5.91 Å². The smallest absolute Gasteiger partial charge is 0.269 e. The van der Waals surface area contributed by atoms with Crippen molar-refractivity contribution in [1.29, 1.82) is 0 Å². The minimum atomic E-state index is -0.725. The zero-order valence-electron chi connectivity index (χ0n) is 19.0. The van der Waals surface area contributed by atoms with Gasteiger partial charge in [-0.25, -0.2) is 18.7 Å². The molecule has 1 fully saturated rings. The summed E-state index contributed by atoms with van der Waals surface area (Å²) in [5, 5.41) is 15.3. The normalized spacial score (nSPS) is 17.5. The zero-order chi connectivity index (χ0) is 24.6. The Balaban J connectivity index is 1.23. The van der Waals surface area contributed by atoms with Crippen LogP contribution in [0.2, 0.25) is 0 Å². The number of amides is 2. The summed E-state index contributed by atoms with van der Waals surface area (Å²) in [5.41, 5.74) is 1.60. The van der Waals surface area contributed by atoms with Gasteiger partial charge >= 0.3 is 0 Å². The third kappa shape index (κ3) is 7.12. The monoisotopic (exact) mass is 483 g/mol. The molecule has 3 unspecified atom stereocenters. The summed E-state index contributed by atoms with van der Waals surface area (Å²) >= 11 is 0. The van der Waals surface area contributed by atoms with Gasteiger partial charge in [0.15, 0.2) is 0 Å². The van der Waals surface area contributed by atoms with Gasteiger partial charge in [-0.1, -0.05) is 0 Å². The first-order valence-corrected chi connectivity index (χ1v) is 11.5. The number of H-pyrrole nitrogens is 1. The molecule has 4 N–H and O–H groups in total. The Hall–Kier alpha value is -3.73. The van der Waals surface area contributed by atoms with Crippen LogP contribution in [0.15, 0.2) is 49.1 Å². The van der Waals surface area contributed by atoms with Gasteiger partial charge < -0.3 is 16.0 Å². The minimum absolute atomic E-state index is 0.106. The van der Waals surface area contributed by atoms with Crippen molar-refractivity contribution in [2.75, 3.05) is 6.54 Å². The summed E-state index contributed by atoms with van der Waals surface area (Å²) in [4.78, 5) is 33.2. The lowest BCUT2D eigenvalue weighted by Crippen LogP contribution is -2.46. The number of nitrogens with one attached hydrogen (secondary N) is 4. The first kappa shape index (κ1) is 24.4. The Labute approximate surface area is 201 Å². The maximum absolute atomic E-state index is 13.4. The van der Waals surface area contributed by atoms with Crippen LogP contribution in [-0.4, -0.2) is 50.6 Å². The van der Waals surface area contributed by atoms with Crippen LogP contribution in [0.4, 0.5) is 8.78 Å². The van der Waals surface area contributed by atoms with E-state index in [1.165, 1.54) is 30.7 Å². The number of carbonyl (C=O) groups is 2. The van der Waals surface area contributed by atoms with Crippen LogP contribution in [0, 0.1) is 11.6 Å². The molecule has 4 rings (SSSR count). The summed E-state index contributed by atoms with van der Waals surface area (Å²) in [6.07, 6.45) is 7.20. The second kappa shape index (κ2) is 11.6. The van der Waals surface area contributed by atoms with Crippen LogP contribution in [0.3, 0.4) is 0 Å². The molecule has 1 aromatic carbocycles. The van der Waals surface area contributed by atoms with Gasteiger partial charge in [-0.3, -0.25) is 14.7 Å². The highest BCUT2D eigenvalue weighted by Gasteiger charge is 2.38. The van der Waals surface area contributed by atoms with E-state index in [0.717, 1.165) is 18.9 Å².